The summed E-state index contributed by atoms with van der Waals surface area (Å²) in [6, 6.07) is 6.75. The molecular formula is C13H19NO3. The third-order valence-electron chi connectivity index (χ3n) is 3.24. The maximum absolute atomic E-state index is 9.16. The Hall–Kier alpha value is -1.26. The molecule has 1 aromatic rings. The van der Waals surface area contributed by atoms with Crippen molar-refractivity contribution in [3.05, 3.63) is 24.3 Å². The molecule has 94 valence electrons. The van der Waals surface area contributed by atoms with Gasteiger partial charge < -0.3 is 20.3 Å². The molecule has 3 N–H and O–H groups in total. The second-order valence-corrected chi connectivity index (χ2v) is 4.42. The van der Waals surface area contributed by atoms with E-state index < -0.39 is 0 Å². The summed E-state index contributed by atoms with van der Waals surface area (Å²) in [6.45, 7) is 2.85. The molecule has 2 unspecified atom stereocenters. The average Bonchev–Trinajstić information content (AvgIpc) is 2.86. The maximum Gasteiger partial charge on any atom is 0.119 e. The number of aromatic hydroxyl groups is 1. The molecule has 17 heavy (non-hydrogen) atoms. The Kier molecular flexibility index (Phi) is 4.23. The van der Waals surface area contributed by atoms with E-state index in [0.29, 0.717) is 25.0 Å². The Balaban J connectivity index is 1.84. The molecule has 4 nitrogen and oxygen atoms in total. The number of ether oxygens (including phenoxy) is 2. The van der Waals surface area contributed by atoms with Crippen LogP contribution in [-0.2, 0) is 4.74 Å². The van der Waals surface area contributed by atoms with Gasteiger partial charge in [-0.2, -0.15) is 0 Å². The minimum absolute atomic E-state index is 0.247. The van der Waals surface area contributed by atoms with Crippen molar-refractivity contribution in [1.82, 2.24) is 0 Å². The summed E-state index contributed by atoms with van der Waals surface area (Å²) in [4.78, 5) is 0. The molecule has 0 amide bonds. The Morgan fingerprint density at radius 1 is 1.41 bits per heavy atom. The Morgan fingerprint density at radius 3 is 2.76 bits per heavy atom. The number of nitrogens with two attached hydrogens (primary N) is 1. The van der Waals surface area contributed by atoms with Gasteiger partial charge in [0.15, 0.2) is 0 Å². The van der Waals surface area contributed by atoms with Gasteiger partial charge in [0.25, 0.3) is 0 Å². The highest BCUT2D eigenvalue weighted by atomic mass is 16.5. The van der Waals surface area contributed by atoms with Crippen molar-refractivity contribution < 1.29 is 14.6 Å². The van der Waals surface area contributed by atoms with Crippen molar-refractivity contribution in [3.8, 4) is 11.5 Å². The molecule has 1 aromatic carbocycles. The fourth-order valence-corrected chi connectivity index (χ4v) is 2.07. The lowest BCUT2D eigenvalue weighted by Crippen LogP contribution is -2.29. The van der Waals surface area contributed by atoms with Crippen LogP contribution in [0.1, 0.15) is 6.42 Å². The number of phenolic OH excluding ortho intramolecular Hbond substituents is 1. The van der Waals surface area contributed by atoms with E-state index in [9.17, 15) is 0 Å². The number of phenols is 1. The summed E-state index contributed by atoms with van der Waals surface area (Å²) in [5.74, 6) is 1.86. The zero-order valence-electron chi connectivity index (χ0n) is 9.84. The molecule has 1 saturated heterocycles. The van der Waals surface area contributed by atoms with Gasteiger partial charge in [-0.3, -0.25) is 0 Å². The van der Waals surface area contributed by atoms with Crippen LogP contribution < -0.4 is 10.5 Å². The van der Waals surface area contributed by atoms with Gasteiger partial charge in [-0.05, 0) is 43.1 Å². The van der Waals surface area contributed by atoms with Gasteiger partial charge in [0.1, 0.15) is 11.5 Å². The Labute approximate surface area is 101 Å². The summed E-state index contributed by atoms with van der Waals surface area (Å²) in [6.07, 6.45) is 1.07. The summed E-state index contributed by atoms with van der Waals surface area (Å²) >= 11 is 0. The van der Waals surface area contributed by atoms with Crippen molar-refractivity contribution in [2.75, 3.05) is 26.4 Å². The van der Waals surface area contributed by atoms with Gasteiger partial charge in [-0.15, -0.1) is 0 Å². The molecule has 0 aromatic heterocycles. The van der Waals surface area contributed by atoms with Crippen molar-refractivity contribution in [1.29, 1.82) is 0 Å². The predicted octanol–water partition coefficient (Wildman–Crippen LogP) is 1.38. The minimum Gasteiger partial charge on any atom is -0.508 e. The van der Waals surface area contributed by atoms with Gasteiger partial charge in [0, 0.05) is 19.1 Å². The molecule has 0 radical (unpaired) electrons. The van der Waals surface area contributed by atoms with Crippen LogP contribution in [0.3, 0.4) is 0 Å². The fourth-order valence-electron chi connectivity index (χ4n) is 2.07. The molecule has 1 fully saturated rings. The first-order valence-corrected chi connectivity index (χ1v) is 5.99. The van der Waals surface area contributed by atoms with Gasteiger partial charge in [0.2, 0.25) is 0 Å². The predicted molar refractivity (Wildman–Crippen MR) is 65.1 cm³/mol. The lowest BCUT2D eigenvalue weighted by Gasteiger charge is -2.20. The van der Waals surface area contributed by atoms with Crippen LogP contribution in [0.5, 0.6) is 11.5 Å². The number of rotatable bonds is 5. The van der Waals surface area contributed by atoms with E-state index in [1.807, 2.05) is 0 Å². The van der Waals surface area contributed by atoms with Crippen LogP contribution in [0.4, 0.5) is 0 Å². The van der Waals surface area contributed by atoms with E-state index in [1.54, 1.807) is 24.3 Å². The van der Waals surface area contributed by atoms with E-state index in [2.05, 4.69) is 0 Å². The lowest BCUT2D eigenvalue weighted by atomic mass is 9.92. The van der Waals surface area contributed by atoms with E-state index in [0.717, 1.165) is 25.4 Å². The molecule has 0 aliphatic carbocycles. The molecule has 1 aliphatic heterocycles. The molecule has 1 aliphatic rings. The summed E-state index contributed by atoms with van der Waals surface area (Å²) in [5.41, 5.74) is 5.77. The highest BCUT2D eigenvalue weighted by Gasteiger charge is 2.25. The second kappa shape index (κ2) is 5.89. The molecule has 1 heterocycles. The minimum atomic E-state index is 0.247. The maximum atomic E-state index is 9.16. The largest absolute Gasteiger partial charge is 0.508 e. The van der Waals surface area contributed by atoms with E-state index in [1.165, 1.54) is 0 Å². The first kappa shape index (κ1) is 12.2. The number of benzene rings is 1. The first-order valence-electron chi connectivity index (χ1n) is 5.99. The van der Waals surface area contributed by atoms with Gasteiger partial charge in [-0.25, -0.2) is 0 Å². The molecular weight excluding hydrogens is 218 g/mol. The smallest absolute Gasteiger partial charge is 0.119 e. The highest BCUT2D eigenvalue weighted by molar-refractivity contribution is 5.30. The SMILES string of the molecule is NCC(COc1ccc(O)cc1)C1CCOC1. The number of hydrogen-bond donors (Lipinski definition) is 2. The fraction of sp³-hybridized carbons (Fsp3) is 0.538. The molecule has 2 atom stereocenters. The monoisotopic (exact) mass is 237 g/mol. The molecule has 0 bridgehead atoms. The lowest BCUT2D eigenvalue weighted by molar-refractivity contribution is 0.150. The van der Waals surface area contributed by atoms with Crippen molar-refractivity contribution in [3.63, 3.8) is 0 Å². The van der Waals surface area contributed by atoms with Crippen LogP contribution in [0.15, 0.2) is 24.3 Å². The standard InChI is InChI=1S/C13H19NO3/c14-7-11(10-5-6-16-8-10)9-17-13-3-1-12(15)2-4-13/h1-4,10-11,15H,5-9,14H2. The molecule has 0 saturated carbocycles. The first-order chi connectivity index (χ1) is 8.29. The molecule has 0 spiro atoms. The van der Waals surface area contributed by atoms with Crippen LogP contribution >= 0.6 is 0 Å². The van der Waals surface area contributed by atoms with Crippen LogP contribution in [0.2, 0.25) is 0 Å². The van der Waals surface area contributed by atoms with Crippen LogP contribution in [0, 0.1) is 11.8 Å². The summed E-state index contributed by atoms with van der Waals surface area (Å²) < 4.78 is 11.0. The van der Waals surface area contributed by atoms with E-state index >= 15 is 0 Å². The van der Waals surface area contributed by atoms with Gasteiger partial charge in [0.05, 0.1) is 6.61 Å². The van der Waals surface area contributed by atoms with Crippen molar-refractivity contribution >= 4 is 0 Å². The van der Waals surface area contributed by atoms with E-state index in [4.69, 9.17) is 20.3 Å². The van der Waals surface area contributed by atoms with Crippen LogP contribution in [0.25, 0.3) is 0 Å². The molecule has 2 rings (SSSR count). The summed E-state index contributed by atoms with van der Waals surface area (Å²) in [7, 11) is 0. The van der Waals surface area contributed by atoms with Crippen molar-refractivity contribution in [2.45, 2.75) is 6.42 Å². The highest BCUT2D eigenvalue weighted by Crippen LogP contribution is 2.23. The Morgan fingerprint density at radius 2 is 2.18 bits per heavy atom. The molecule has 4 heteroatoms. The van der Waals surface area contributed by atoms with E-state index in [-0.39, 0.29) is 5.75 Å². The summed E-state index contributed by atoms with van der Waals surface area (Å²) in [5, 5.41) is 9.16. The van der Waals surface area contributed by atoms with Gasteiger partial charge in [-0.1, -0.05) is 0 Å². The van der Waals surface area contributed by atoms with Crippen molar-refractivity contribution in [2.24, 2.45) is 17.6 Å². The van der Waals surface area contributed by atoms with Crippen LogP contribution in [-0.4, -0.2) is 31.5 Å². The second-order valence-electron chi connectivity index (χ2n) is 4.42. The average molecular weight is 237 g/mol. The quantitative estimate of drug-likeness (QED) is 0.812. The zero-order chi connectivity index (χ0) is 12.1. The third kappa shape index (κ3) is 3.35. The third-order valence-corrected chi connectivity index (χ3v) is 3.24. The Bertz CT molecular complexity index is 333. The zero-order valence-corrected chi connectivity index (χ0v) is 9.84. The van der Waals surface area contributed by atoms with Gasteiger partial charge >= 0.3 is 0 Å². The normalized spacial score (nSPS) is 21.4. The topological polar surface area (TPSA) is 64.7 Å². The number of hydrogen-bond acceptors (Lipinski definition) is 4.